The molecule has 0 N–H and O–H groups in total. The summed E-state index contributed by atoms with van der Waals surface area (Å²) in [6.45, 7) is 20.1. The van der Waals surface area contributed by atoms with Crippen molar-refractivity contribution >= 4 is 34.7 Å². The summed E-state index contributed by atoms with van der Waals surface area (Å²) in [6, 6.07) is 13.4. The van der Waals surface area contributed by atoms with Crippen LogP contribution in [0.3, 0.4) is 0 Å². The van der Waals surface area contributed by atoms with E-state index in [9.17, 15) is 0 Å². The summed E-state index contributed by atoms with van der Waals surface area (Å²) >= 11 is -1.90. The minimum atomic E-state index is -1.90. The number of nitrogens with zero attached hydrogens (tertiary/aromatic N) is 2. The average Bonchev–Trinajstić information content (AvgIpc) is 3.17. The molecule has 2 nitrogen and oxygen atoms in total. The van der Waals surface area contributed by atoms with Crippen LogP contribution in [0, 0.1) is 0 Å². The molecule has 1 heterocycles. The van der Waals surface area contributed by atoms with Gasteiger partial charge in [0.15, 0.2) is 0 Å². The van der Waals surface area contributed by atoms with Crippen molar-refractivity contribution in [2.24, 2.45) is 0 Å². The van der Waals surface area contributed by atoms with Crippen LogP contribution >= 0.6 is 19.1 Å². The number of rotatable bonds is 6. The molecule has 1 saturated heterocycles. The van der Waals surface area contributed by atoms with Gasteiger partial charge in [-0.15, -0.1) is 0 Å². The van der Waals surface area contributed by atoms with Crippen LogP contribution in [0.5, 0.6) is 0 Å². The summed E-state index contributed by atoms with van der Waals surface area (Å²) in [7, 11) is 13.6. The first-order chi connectivity index (χ1) is 15.1. The second-order valence-electron chi connectivity index (χ2n) is 9.89. The van der Waals surface area contributed by atoms with Crippen molar-refractivity contribution in [3.05, 3.63) is 58.7 Å². The van der Waals surface area contributed by atoms with Gasteiger partial charge in [0.05, 0.1) is 0 Å². The molecule has 2 aromatic carbocycles. The van der Waals surface area contributed by atoms with E-state index in [2.05, 4.69) is 102 Å². The molecule has 180 valence electrons. The van der Waals surface area contributed by atoms with Gasteiger partial charge in [-0.2, -0.15) is 0 Å². The fourth-order valence-corrected chi connectivity index (χ4v) is 7.83. The molecular weight excluding hydrogens is 530 g/mol. The molecule has 0 saturated carbocycles. The molecule has 3 rings (SSSR count). The van der Waals surface area contributed by atoms with Crippen molar-refractivity contribution in [1.82, 2.24) is 0 Å². The van der Waals surface area contributed by atoms with Crippen molar-refractivity contribution in [3.63, 3.8) is 0 Å². The van der Waals surface area contributed by atoms with Crippen LogP contribution in [0.15, 0.2) is 36.4 Å². The van der Waals surface area contributed by atoms with Crippen LogP contribution in [0.25, 0.3) is 0 Å². The predicted octanol–water partition coefficient (Wildman–Crippen LogP) is 8.52. The van der Waals surface area contributed by atoms with Crippen molar-refractivity contribution in [1.29, 1.82) is 0 Å². The normalized spacial score (nSPS) is 15.2. The fraction of sp³-hybridized carbons (Fsp3) is 0.519. The minimum absolute atomic E-state index is 0.428. The van der Waals surface area contributed by atoms with Gasteiger partial charge in [0.1, 0.15) is 0 Å². The Labute approximate surface area is 208 Å². The van der Waals surface area contributed by atoms with E-state index in [4.69, 9.17) is 19.1 Å². The van der Waals surface area contributed by atoms with Crippen LogP contribution in [0.2, 0.25) is 0 Å². The van der Waals surface area contributed by atoms with Gasteiger partial charge in [-0.1, -0.05) is 0 Å². The number of benzene rings is 2. The summed E-state index contributed by atoms with van der Waals surface area (Å²) in [5.74, 6) is 1.81. The molecule has 2 aromatic rings. The van der Waals surface area contributed by atoms with Gasteiger partial charge in [0.25, 0.3) is 0 Å². The molecule has 0 aromatic heterocycles. The summed E-state index contributed by atoms with van der Waals surface area (Å²) in [5, 5.41) is 0. The SMILES string of the molecule is CC(C)c1cccc(N2CCN(c3cccc(C(C)C)c3C(C)C)[C]2=[Pd]([Cl])[Cl])c1C(C)C. The van der Waals surface area contributed by atoms with E-state index in [0.717, 1.165) is 17.3 Å². The molecule has 0 spiro atoms. The monoisotopic (exact) mass is 566 g/mol. The van der Waals surface area contributed by atoms with E-state index >= 15 is 0 Å². The third kappa shape index (κ3) is 4.97. The first-order valence-corrected chi connectivity index (χ1v) is 16.5. The van der Waals surface area contributed by atoms with Crippen LogP contribution in [0.1, 0.15) is 101 Å². The van der Waals surface area contributed by atoms with Crippen LogP contribution < -0.4 is 9.80 Å². The summed E-state index contributed by atoms with van der Waals surface area (Å²) in [6.07, 6.45) is 0. The van der Waals surface area contributed by atoms with Crippen molar-refractivity contribution in [3.8, 4) is 0 Å². The van der Waals surface area contributed by atoms with Gasteiger partial charge in [0.2, 0.25) is 0 Å². The van der Waals surface area contributed by atoms with E-state index in [1.807, 2.05) is 0 Å². The van der Waals surface area contributed by atoms with Crippen molar-refractivity contribution in [2.75, 3.05) is 22.9 Å². The molecule has 32 heavy (non-hydrogen) atoms. The maximum atomic E-state index is 6.80. The first-order valence-electron chi connectivity index (χ1n) is 11.7. The van der Waals surface area contributed by atoms with E-state index in [-0.39, 0.29) is 0 Å². The summed E-state index contributed by atoms with van der Waals surface area (Å²) in [5.41, 5.74) is 8.20. The zero-order chi connectivity index (χ0) is 23.7. The summed E-state index contributed by atoms with van der Waals surface area (Å²) < 4.78 is 1.09. The van der Waals surface area contributed by atoms with Crippen molar-refractivity contribution in [2.45, 2.75) is 79.1 Å². The quantitative estimate of drug-likeness (QED) is 0.323. The number of hydrogen-bond donors (Lipinski definition) is 0. The first kappa shape index (κ1) is 25.8. The second kappa shape index (κ2) is 10.6. The van der Waals surface area contributed by atoms with E-state index in [1.165, 1.54) is 33.6 Å². The van der Waals surface area contributed by atoms with Crippen molar-refractivity contribution < 1.29 is 14.3 Å². The molecule has 0 amide bonds. The fourth-order valence-electron chi connectivity index (χ4n) is 4.95. The maximum absolute atomic E-state index is 6.80. The predicted molar refractivity (Wildman–Crippen MR) is 141 cm³/mol. The molecule has 0 aliphatic carbocycles. The van der Waals surface area contributed by atoms with Gasteiger partial charge in [-0.05, 0) is 0 Å². The topological polar surface area (TPSA) is 6.48 Å². The standard InChI is InChI=1S/C27H38N2.2ClH.Pd/c1-18(2)22-11-9-13-24(26(22)20(5)6)28-15-16-29(17-28)25-14-10-12-23(19(3)4)27(25)21(7)8;;;/h9-14,18-21H,15-16H2,1-8H3;2*1H;/q;;;+2/p-2. The Bertz CT molecular complexity index is 918. The van der Waals surface area contributed by atoms with Gasteiger partial charge in [0, 0.05) is 0 Å². The summed E-state index contributed by atoms with van der Waals surface area (Å²) in [4.78, 5) is 4.82. The Morgan fingerprint density at radius 2 is 1.00 bits per heavy atom. The van der Waals surface area contributed by atoms with E-state index < -0.39 is 14.3 Å². The average molecular weight is 568 g/mol. The molecule has 1 aliphatic heterocycles. The molecule has 0 unspecified atom stereocenters. The van der Waals surface area contributed by atoms with Gasteiger partial charge < -0.3 is 0 Å². The zero-order valence-electron chi connectivity index (χ0n) is 20.7. The molecule has 0 atom stereocenters. The number of halogens is 2. The van der Waals surface area contributed by atoms with E-state index in [0.29, 0.717) is 23.7 Å². The Hall–Kier alpha value is -0.848. The Kier molecular flexibility index (Phi) is 8.54. The van der Waals surface area contributed by atoms with Gasteiger partial charge in [-0.25, -0.2) is 0 Å². The molecule has 5 heteroatoms. The zero-order valence-corrected chi connectivity index (χ0v) is 23.7. The van der Waals surface area contributed by atoms with Gasteiger partial charge in [-0.3, -0.25) is 0 Å². The Balaban J connectivity index is 2.18. The molecule has 1 aliphatic rings. The second-order valence-corrected chi connectivity index (χ2v) is 14.9. The van der Waals surface area contributed by atoms with Crippen LogP contribution in [-0.2, 0) is 14.3 Å². The number of hydrogen-bond acceptors (Lipinski definition) is 2. The van der Waals surface area contributed by atoms with E-state index in [1.54, 1.807) is 0 Å². The molecular formula is C27H38Cl2N2Pd. The number of anilines is 2. The molecule has 0 bridgehead atoms. The van der Waals surface area contributed by atoms with Crippen LogP contribution in [-0.4, -0.2) is 17.3 Å². The van der Waals surface area contributed by atoms with Crippen LogP contribution in [0.4, 0.5) is 11.4 Å². The molecule has 0 radical (unpaired) electrons. The third-order valence-corrected chi connectivity index (χ3v) is 8.91. The molecule has 1 fully saturated rings. The Morgan fingerprint density at radius 1 is 0.625 bits per heavy atom. The Morgan fingerprint density at radius 3 is 1.28 bits per heavy atom. The van der Waals surface area contributed by atoms with Gasteiger partial charge >= 0.3 is 210 Å². The third-order valence-electron chi connectivity index (χ3n) is 6.28.